The minimum atomic E-state index is 0.0835. The summed E-state index contributed by atoms with van der Waals surface area (Å²) in [4.78, 5) is 6.05. The summed E-state index contributed by atoms with van der Waals surface area (Å²) in [6.45, 7) is 4.28. The van der Waals surface area contributed by atoms with E-state index in [4.69, 9.17) is 9.72 Å². The van der Waals surface area contributed by atoms with Crippen molar-refractivity contribution >= 4 is 11.3 Å². The number of hydrogen-bond acceptors (Lipinski definition) is 4. The number of thiazole rings is 1. The molecule has 1 N–H and O–H groups in total. The van der Waals surface area contributed by atoms with Crippen LogP contribution in [0.2, 0.25) is 0 Å². The van der Waals surface area contributed by atoms with E-state index in [1.165, 1.54) is 10.6 Å². The maximum atomic E-state index is 5.45. The summed E-state index contributed by atoms with van der Waals surface area (Å²) in [7, 11) is 3.66. The molecule has 2 aromatic rings. The van der Waals surface area contributed by atoms with Crippen molar-refractivity contribution in [1.29, 1.82) is 0 Å². The topological polar surface area (TPSA) is 34.2 Å². The van der Waals surface area contributed by atoms with Crippen LogP contribution in [-0.4, -0.2) is 19.1 Å². The zero-order valence-electron chi connectivity index (χ0n) is 11.9. The van der Waals surface area contributed by atoms with E-state index < -0.39 is 0 Å². The van der Waals surface area contributed by atoms with Crippen LogP contribution in [0.1, 0.15) is 34.1 Å². The minimum absolute atomic E-state index is 0.0835. The van der Waals surface area contributed by atoms with Crippen molar-refractivity contribution in [3.8, 4) is 5.75 Å². The highest BCUT2D eigenvalue weighted by atomic mass is 32.1. The van der Waals surface area contributed by atoms with Crippen LogP contribution < -0.4 is 10.1 Å². The van der Waals surface area contributed by atoms with E-state index in [1.54, 1.807) is 18.4 Å². The van der Waals surface area contributed by atoms with Crippen molar-refractivity contribution < 1.29 is 4.74 Å². The molecule has 0 saturated carbocycles. The first-order valence-corrected chi connectivity index (χ1v) is 7.29. The number of nitrogens with one attached hydrogen (secondary N) is 1. The van der Waals surface area contributed by atoms with Gasteiger partial charge < -0.3 is 10.1 Å². The number of rotatable bonds is 5. The monoisotopic (exact) mass is 276 g/mol. The molecular weight excluding hydrogens is 256 g/mol. The van der Waals surface area contributed by atoms with Crippen molar-refractivity contribution in [2.75, 3.05) is 14.2 Å². The lowest BCUT2D eigenvalue weighted by molar-refractivity contribution is 0.405. The molecule has 0 aliphatic heterocycles. The molecule has 102 valence electrons. The number of para-hydroxylation sites is 1. The molecule has 0 radical (unpaired) electrons. The third kappa shape index (κ3) is 2.80. The predicted octanol–water partition coefficient (Wildman–Crippen LogP) is 3.33. The first kappa shape index (κ1) is 14.0. The molecule has 1 aromatic heterocycles. The Labute approximate surface area is 118 Å². The Morgan fingerprint density at radius 2 is 2.11 bits per heavy atom. The van der Waals surface area contributed by atoms with Crippen LogP contribution in [0.5, 0.6) is 5.75 Å². The molecule has 19 heavy (non-hydrogen) atoms. The second kappa shape index (κ2) is 6.17. The summed E-state index contributed by atoms with van der Waals surface area (Å²) in [5, 5.41) is 4.44. The average molecular weight is 276 g/mol. The number of methoxy groups -OCH3 is 1. The van der Waals surface area contributed by atoms with Gasteiger partial charge in [0.2, 0.25) is 0 Å². The summed E-state index contributed by atoms with van der Waals surface area (Å²) >= 11 is 1.76. The number of aryl methyl sites for hydroxylation is 2. The molecule has 1 aromatic carbocycles. The molecule has 1 heterocycles. The smallest absolute Gasteiger partial charge is 0.124 e. The summed E-state index contributed by atoms with van der Waals surface area (Å²) in [6.07, 6.45) is 0.977. The van der Waals surface area contributed by atoms with E-state index in [0.717, 1.165) is 22.7 Å². The zero-order chi connectivity index (χ0) is 13.8. The van der Waals surface area contributed by atoms with E-state index in [0.29, 0.717) is 0 Å². The summed E-state index contributed by atoms with van der Waals surface area (Å²) in [5.74, 6) is 0.896. The second-order valence-corrected chi connectivity index (χ2v) is 5.61. The van der Waals surface area contributed by atoms with E-state index >= 15 is 0 Å². The Balaban J connectivity index is 2.43. The quantitative estimate of drug-likeness (QED) is 0.909. The molecule has 0 saturated heterocycles. The van der Waals surface area contributed by atoms with Gasteiger partial charge in [-0.2, -0.15) is 0 Å². The molecule has 0 fully saturated rings. The fraction of sp³-hybridized carbons (Fsp3) is 0.400. The standard InChI is InChI=1S/C15H20N2OS/c1-5-12-10(2)19-15(17-12)14(16-3)11-8-6-7-9-13(11)18-4/h6-9,14,16H,5H2,1-4H3. The summed E-state index contributed by atoms with van der Waals surface area (Å²) < 4.78 is 5.45. The minimum Gasteiger partial charge on any atom is -0.496 e. The van der Waals surface area contributed by atoms with Gasteiger partial charge in [-0.1, -0.05) is 25.1 Å². The van der Waals surface area contributed by atoms with Gasteiger partial charge in [0.05, 0.1) is 18.8 Å². The van der Waals surface area contributed by atoms with Gasteiger partial charge in [-0.15, -0.1) is 11.3 Å². The fourth-order valence-electron chi connectivity index (χ4n) is 2.22. The van der Waals surface area contributed by atoms with Gasteiger partial charge in [-0.05, 0) is 26.5 Å². The number of benzene rings is 1. The third-order valence-corrected chi connectivity index (χ3v) is 4.31. The largest absolute Gasteiger partial charge is 0.496 e. The van der Waals surface area contributed by atoms with E-state index in [1.807, 2.05) is 25.2 Å². The maximum absolute atomic E-state index is 5.45. The van der Waals surface area contributed by atoms with Crippen LogP contribution >= 0.6 is 11.3 Å². The van der Waals surface area contributed by atoms with Gasteiger partial charge in [0.25, 0.3) is 0 Å². The van der Waals surface area contributed by atoms with E-state index in [9.17, 15) is 0 Å². The Morgan fingerprint density at radius 3 is 2.68 bits per heavy atom. The van der Waals surface area contributed by atoms with Crippen LogP contribution in [0, 0.1) is 6.92 Å². The molecule has 1 atom stereocenters. The van der Waals surface area contributed by atoms with Gasteiger partial charge in [-0.25, -0.2) is 4.98 Å². The number of ether oxygens (including phenoxy) is 1. The second-order valence-electron chi connectivity index (χ2n) is 4.37. The van der Waals surface area contributed by atoms with Crippen molar-refractivity contribution in [1.82, 2.24) is 10.3 Å². The van der Waals surface area contributed by atoms with Gasteiger partial charge in [-0.3, -0.25) is 0 Å². The van der Waals surface area contributed by atoms with Crippen molar-refractivity contribution in [2.45, 2.75) is 26.3 Å². The maximum Gasteiger partial charge on any atom is 0.124 e. The first-order chi connectivity index (χ1) is 9.21. The molecule has 3 nitrogen and oxygen atoms in total. The number of hydrogen-bond donors (Lipinski definition) is 1. The number of nitrogens with zero attached hydrogens (tertiary/aromatic N) is 1. The molecule has 0 bridgehead atoms. The van der Waals surface area contributed by atoms with Crippen molar-refractivity contribution in [2.24, 2.45) is 0 Å². The lowest BCUT2D eigenvalue weighted by atomic mass is 10.1. The Hall–Kier alpha value is -1.39. The number of aromatic nitrogens is 1. The van der Waals surface area contributed by atoms with Gasteiger partial charge >= 0.3 is 0 Å². The first-order valence-electron chi connectivity index (χ1n) is 6.47. The Kier molecular flexibility index (Phi) is 4.56. The Morgan fingerprint density at radius 1 is 1.37 bits per heavy atom. The molecule has 0 amide bonds. The van der Waals surface area contributed by atoms with E-state index in [2.05, 4.69) is 25.2 Å². The molecule has 4 heteroatoms. The van der Waals surface area contributed by atoms with Crippen molar-refractivity contribution in [3.63, 3.8) is 0 Å². The highest BCUT2D eigenvalue weighted by Crippen LogP contribution is 2.32. The molecule has 2 rings (SSSR count). The van der Waals surface area contributed by atoms with Crippen LogP contribution in [-0.2, 0) is 6.42 Å². The lowest BCUT2D eigenvalue weighted by Crippen LogP contribution is -2.18. The van der Waals surface area contributed by atoms with Crippen LogP contribution in [0.25, 0.3) is 0 Å². The average Bonchev–Trinajstić information content (AvgIpc) is 2.81. The molecule has 0 aliphatic carbocycles. The fourth-order valence-corrected chi connectivity index (χ4v) is 3.36. The summed E-state index contributed by atoms with van der Waals surface area (Å²) in [6, 6.07) is 8.17. The molecule has 1 unspecified atom stereocenters. The van der Waals surface area contributed by atoms with E-state index in [-0.39, 0.29) is 6.04 Å². The van der Waals surface area contributed by atoms with Gasteiger partial charge in [0, 0.05) is 10.4 Å². The predicted molar refractivity (Wildman–Crippen MR) is 80.1 cm³/mol. The van der Waals surface area contributed by atoms with Crippen LogP contribution in [0.15, 0.2) is 24.3 Å². The third-order valence-electron chi connectivity index (χ3n) is 3.23. The van der Waals surface area contributed by atoms with Gasteiger partial charge in [0.1, 0.15) is 10.8 Å². The lowest BCUT2D eigenvalue weighted by Gasteiger charge is -2.17. The van der Waals surface area contributed by atoms with Crippen molar-refractivity contribution in [3.05, 3.63) is 45.4 Å². The molecule has 0 spiro atoms. The van der Waals surface area contributed by atoms with Gasteiger partial charge in [0.15, 0.2) is 0 Å². The Bertz CT molecular complexity index is 551. The van der Waals surface area contributed by atoms with Crippen LogP contribution in [0.4, 0.5) is 0 Å². The summed E-state index contributed by atoms with van der Waals surface area (Å²) in [5.41, 5.74) is 2.32. The normalized spacial score (nSPS) is 12.4. The molecule has 0 aliphatic rings. The highest BCUT2D eigenvalue weighted by molar-refractivity contribution is 7.11. The highest BCUT2D eigenvalue weighted by Gasteiger charge is 2.20. The van der Waals surface area contributed by atoms with Crippen LogP contribution in [0.3, 0.4) is 0 Å². The SMILES string of the molecule is CCc1nc(C(NC)c2ccccc2OC)sc1C. The molecular formula is C15H20N2OS. The zero-order valence-corrected chi connectivity index (χ0v) is 12.7.